The molecular formula is C14H22N4O2. The van der Waals surface area contributed by atoms with Crippen molar-refractivity contribution in [2.24, 2.45) is 0 Å². The summed E-state index contributed by atoms with van der Waals surface area (Å²) in [4.78, 5) is 12.9. The van der Waals surface area contributed by atoms with Crippen LogP contribution >= 0.6 is 0 Å². The molecule has 0 unspecified atom stereocenters. The smallest absolute Gasteiger partial charge is 0.314 e. The molecule has 0 heterocycles. The van der Waals surface area contributed by atoms with E-state index in [0.717, 1.165) is 6.54 Å². The third-order valence-electron chi connectivity index (χ3n) is 3.98. The second-order valence-corrected chi connectivity index (χ2v) is 5.35. The summed E-state index contributed by atoms with van der Waals surface area (Å²) in [7, 11) is 2.12. The van der Waals surface area contributed by atoms with Gasteiger partial charge in [0.15, 0.2) is 0 Å². The van der Waals surface area contributed by atoms with Crippen LogP contribution in [0.1, 0.15) is 25.7 Å². The molecule has 0 radical (unpaired) electrons. The van der Waals surface area contributed by atoms with Gasteiger partial charge in [-0.1, -0.05) is 18.9 Å². The van der Waals surface area contributed by atoms with Crippen molar-refractivity contribution in [3.8, 4) is 0 Å². The number of nitrogens with zero attached hydrogens (tertiary/aromatic N) is 2. The Balaban J connectivity index is 1.90. The largest absolute Gasteiger partial charge is 0.393 e. The number of hydrogen-bond acceptors (Lipinski definition) is 5. The Bertz CT molecular complexity index is 472. The van der Waals surface area contributed by atoms with Crippen molar-refractivity contribution in [2.75, 3.05) is 31.2 Å². The molecule has 110 valence electrons. The van der Waals surface area contributed by atoms with Crippen LogP contribution in [0.25, 0.3) is 0 Å². The number of nitrogens with one attached hydrogen (secondary N) is 1. The first kappa shape index (κ1) is 14.6. The van der Waals surface area contributed by atoms with Gasteiger partial charge in [-0.15, -0.1) is 0 Å². The third-order valence-corrected chi connectivity index (χ3v) is 3.98. The molecule has 0 spiro atoms. The summed E-state index contributed by atoms with van der Waals surface area (Å²) < 4.78 is 0. The number of nitrogens with two attached hydrogens (primary N) is 1. The van der Waals surface area contributed by atoms with Gasteiger partial charge in [-0.25, -0.2) is 0 Å². The van der Waals surface area contributed by atoms with E-state index in [-0.39, 0.29) is 11.4 Å². The maximum absolute atomic E-state index is 11.0. The van der Waals surface area contributed by atoms with E-state index in [1.165, 1.54) is 25.7 Å². The molecule has 2 rings (SSSR count). The van der Waals surface area contributed by atoms with Gasteiger partial charge in [0.1, 0.15) is 11.4 Å². The van der Waals surface area contributed by atoms with Gasteiger partial charge in [0.05, 0.1) is 4.92 Å². The highest BCUT2D eigenvalue weighted by Crippen LogP contribution is 2.30. The number of para-hydroxylation sites is 1. The Morgan fingerprint density at radius 1 is 1.45 bits per heavy atom. The maximum atomic E-state index is 11.0. The number of benzene rings is 1. The summed E-state index contributed by atoms with van der Waals surface area (Å²) >= 11 is 0. The van der Waals surface area contributed by atoms with Gasteiger partial charge >= 0.3 is 5.69 Å². The second-order valence-electron chi connectivity index (χ2n) is 5.35. The molecule has 0 atom stereocenters. The average Bonchev–Trinajstić information content (AvgIpc) is 2.92. The molecule has 1 fully saturated rings. The quantitative estimate of drug-likeness (QED) is 0.474. The number of nitrogen functional groups attached to an aromatic ring is 1. The van der Waals surface area contributed by atoms with E-state index < -0.39 is 4.92 Å². The molecule has 3 N–H and O–H groups in total. The highest BCUT2D eigenvalue weighted by Gasteiger charge is 2.20. The first-order valence-corrected chi connectivity index (χ1v) is 7.06. The Kier molecular flexibility index (Phi) is 4.79. The lowest BCUT2D eigenvalue weighted by atomic mass is 10.2. The minimum absolute atomic E-state index is 0.0315. The molecule has 1 aromatic rings. The molecule has 1 aliphatic carbocycles. The number of nitro groups is 1. The van der Waals surface area contributed by atoms with Crippen molar-refractivity contribution in [2.45, 2.75) is 31.7 Å². The predicted molar refractivity (Wildman–Crippen MR) is 80.9 cm³/mol. The zero-order valence-corrected chi connectivity index (χ0v) is 11.8. The monoisotopic (exact) mass is 278 g/mol. The fraction of sp³-hybridized carbons (Fsp3) is 0.571. The minimum Gasteiger partial charge on any atom is -0.393 e. The SMILES string of the molecule is CN(CCNc1cccc(N)c1[N+](=O)[O-])C1CCCC1. The van der Waals surface area contributed by atoms with E-state index in [1.54, 1.807) is 18.2 Å². The Hall–Kier alpha value is -1.82. The molecule has 1 saturated carbocycles. The molecule has 6 nitrogen and oxygen atoms in total. The Morgan fingerprint density at radius 2 is 2.15 bits per heavy atom. The fourth-order valence-corrected chi connectivity index (χ4v) is 2.80. The van der Waals surface area contributed by atoms with E-state index in [2.05, 4.69) is 17.3 Å². The Labute approximate surface area is 119 Å². The van der Waals surface area contributed by atoms with Crippen LogP contribution in [0.2, 0.25) is 0 Å². The summed E-state index contributed by atoms with van der Waals surface area (Å²) in [5.74, 6) is 0. The van der Waals surface area contributed by atoms with Crippen molar-refractivity contribution in [1.82, 2.24) is 4.90 Å². The van der Waals surface area contributed by atoms with Crippen molar-refractivity contribution >= 4 is 17.1 Å². The van der Waals surface area contributed by atoms with Crippen LogP contribution in [0.4, 0.5) is 17.1 Å². The number of likely N-dealkylation sites (N-methyl/N-ethyl adjacent to an activating group) is 1. The van der Waals surface area contributed by atoms with Crippen LogP contribution in [0, 0.1) is 10.1 Å². The number of nitro benzene ring substituents is 1. The molecule has 20 heavy (non-hydrogen) atoms. The summed E-state index contributed by atoms with van der Waals surface area (Å²) in [5, 5.41) is 14.2. The van der Waals surface area contributed by atoms with Gasteiger partial charge in [0.2, 0.25) is 0 Å². The molecular weight excluding hydrogens is 256 g/mol. The van der Waals surface area contributed by atoms with E-state index in [4.69, 9.17) is 5.73 Å². The van der Waals surface area contributed by atoms with Crippen LogP contribution in [-0.2, 0) is 0 Å². The van der Waals surface area contributed by atoms with Crippen molar-refractivity contribution in [3.05, 3.63) is 28.3 Å². The molecule has 6 heteroatoms. The standard InChI is InChI=1S/C14H22N4O2/c1-17(11-5-2-3-6-11)10-9-16-13-8-4-7-12(15)14(13)18(19)20/h4,7-8,11,16H,2-3,5-6,9-10,15H2,1H3. The van der Waals surface area contributed by atoms with Crippen LogP contribution in [-0.4, -0.2) is 36.0 Å². The van der Waals surface area contributed by atoms with E-state index in [1.807, 2.05) is 0 Å². The zero-order valence-electron chi connectivity index (χ0n) is 11.8. The topological polar surface area (TPSA) is 84.4 Å². The molecule has 0 aliphatic heterocycles. The van der Waals surface area contributed by atoms with Crippen molar-refractivity contribution in [3.63, 3.8) is 0 Å². The van der Waals surface area contributed by atoms with Crippen molar-refractivity contribution in [1.29, 1.82) is 0 Å². The van der Waals surface area contributed by atoms with Gasteiger partial charge in [0.25, 0.3) is 0 Å². The van der Waals surface area contributed by atoms with Crippen LogP contribution < -0.4 is 11.1 Å². The van der Waals surface area contributed by atoms with Gasteiger partial charge in [-0.2, -0.15) is 0 Å². The van der Waals surface area contributed by atoms with Gasteiger partial charge in [-0.05, 0) is 32.0 Å². The first-order chi connectivity index (χ1) is 9.59. The van der Waals surface area contributed by atoms with Gasteiger partial charge in [-0.3, -0.25) is 10.1 Å². The first-order valence-electron chi connectivity index (χ1n) is 7.06. The molecule has 0 aromatic heterocycles. The van der Waals surface area contributed by atoms with Crippen LogP contribution in [0.5, 0.6) is 0 Å². The fourth-order valence-electron chi connectivity index (χ4n) is 2.80. The Morgan fingerprint density at radius 3 is 2.80 bits per heavy atom. The lowest BCUT2D eigenvalue weighted by molar-refractivity contribution is -0.383. The lowest BCUT2D eigenvalue weighted by Crippen LogP contribution is -2.33. The summed E-state index contributed by atoms with van der Waals surface area (Å²) in [6, 6.07) is 5.64. The van der Waals surface area contributed by atoms with E-state index in [0.29, 0.717) is 18.3 Å². The molecule has 1 aliphatic rings. The van der Waals surface area contributed by atoms with Gasteiger partial charge in [0, 0.05) is 19.1 Å². The van der Waals surface area contributed by atoms with Crippen molar-refractivity contribution < 1.29 is 4.92 Å². The normalized spacial score (nSPS) is 15.7. The lowest BCUT2D eigenvalue weighted by Gasteiger charge is -2.24. The second kappa shape index (κ2) is 6.56. The molecule has 0 amide bonds. The molecule has 0 saturated heterocycles. The van der Waals surface area contributed by atoms with Crippen LogP contribution in [0.3, 0.4) is 0 Å². The van der Waals surface area contributed by atoms with Gasteiger partial charge < -0.3 is 16.0 Å². The minimum atomic E-state index is -0.432. The average molecular weight is 278 g/mol. The predicted octanol–water partition coefficient (Wildman–Crippen LogP) is 2.46. The summed E-state index contributed by atoms with van der Waals surface area (Å²) in [6.45, 7) is 1.55. The number of hydrogen-bond donors (Lipinski definition) is 2. The number of anilines is 2. The van der Waals surface area contributed by atoms with E-state index in [9.17, 15) is 10.1 Å². The summed E-state index contributed by atoms with van der Waals surface area (Å²) in [5.41, 5.74) is 6.32. The third kappa shape index (κ3) is 3.39. The summed E-state index contributed by atoms with van der Waals surface area (Å²) in [6.07, 6.45) is 5.14. The molecule has 0 bridgehead atoms. The highest BCUT2D eigenvalue weighted by atomic mass is 16.6. The maximum Gasteiger partial charge on any atom is 0.314 e. The van der Waals surface area contributed by atoms with E-state index >= 15 is 0 Å². The molecule has 1 aromatic carbocycles. The zero-order chi connectivity index (χ0) is 14.5. The van der Waals surface area contributed by atoms with Crippen LogP contribution in [0.15, 0.2) is 18.2 Å². The number of rotatable bonds is 6. The highest BCUT2D eigenvalue weighted by molar-refractivity contribution is 5.74.